The van der Waals surface area contributed by atoms with Gasteiger partial charge >= 0.3 is 0 Å². The van der Waals surface area contributed by atoms with Crippen molar-refractivity contribution in [1.29, 1.82) is 0 Å². The number of benzene rings is 2. The molecule has 0 aromatic heterocycles. The third kappa shape index (κ3) is 4.29. The Morgan fingerprint density at radius 2 is 1.83 bits per heavy atom. The van der Waals surface area contributed by atoms with Gasteiger partial charge in [0.25, 0.3) is 0 Å². The maximum atomic E-state index is 12.7. The quantitative estimate of drug-likeness (QED) is 0.907. The van der Waals surface area contributed by atoms with Crippen LogP contribution in [0.25, 0.3) is 0 Å². The normalized spacial score (nSPS) is 12.7. The van der Waals surface area contributed by atoms with Gasteiger partial charge in [0.2, 0.25) is 5.91 Å². The van der Waals surface area contributed by atoms with Crippen LogP contribution in [0.15, 0.2) is 48.5 Å². The number of nitrogens with one attached hydrogen (secondary N) is 1. The summed E-state index contributed by atoms with van der Waals surface area (Å²) in [6, 6.07) is 15.5. The highest BCUT2D eigenvalue weighted by Gasteiger charge is 2.31. The molecule has 2 aromatic rings. The lowest BCUT2D eigenvalue weighted by molar-refractivity contribution is -0.120. The molecular weight excluding hydrogens is 306 g/mol. The maximum absolute atomic E-state index is 12.7. The van der Waals surface area contributed by atoms with Crippen LogP contribution < -0.4 is 5.32 Å². The third-order valence-electron chi connectivity index (χ3n) is 3.94. The standard InChI is InChI=1S/C19H23NO2S/c1-14-8-5-6-11-17(14)19(2,3)18(21)20-16-10-7-9-15(12-16)13-23(4)22/h5-12H,13H2,1-4H3,(H,20,21)/t23-/m0/s1. The molecule has 3 nitrogen and oxygen atoms in total. The average Bonchev–Trinajstić information content (AvgIpc) is 2.47. The van der Waals surface area contributed by atoms with Gasteiger partial charge in [-0.15, -0.1) is 0 Å². The summed E-state index contributed by atoms with van der Waals surface area (Å²) in [6.07, 6.45) is 1.67. The summed E-state index contributed by atoms with van der Waals surface area (Å²) in [5, 5.41) is 2.98. The largest absolute Gasteiger partial charge is 0.325 e. The first-order valence-electron chi connectivity index (χ1n) is 7.57. The number of aryl methyl sites for hydroxylation is 1. The first-order chi connectivity index (χ1) is 10.8. The zero-order valence-corrected chi connectivity index (χ0v) is 14.9. The molecule has 0 aliphatic rings. The lowest BCUT2D eigenvalue weighted by Crippen LogP contribution is -2.35. The summed E-state index contributed by atoms with van der Waals surface area (Å²) in [4.78, 5) is 12.7. The Balaban J connectivity index is 2.21. The second-order valence-electron chi connectivity index (χ2n) is 6.31. The zero-order chi connectivity index (χ0) is 17.0. The molecule has 0 radical (unpaired) electrons. The Morgan fingerprint density at radius 1 is 1.13 bits per heavy atom. The molecular formula is C19H23NO2S. The Hall–Kier alpha value is -1.94. The molecule has 0 saturated heterocycles. The van der Waals surface area contributed by atoms with E-state index in [1.807, 2.05) is 69.3 Å². The van der Waals surface area contributed by atoms with E-state index in [2.05, 4.69) is 5.32 Å². The van der Waals surface area contributed by atoms with Gasteiger partial charge in [-0.1, -0.05) is 36.4 Å². The van der Waals surface area contributed by atoms with Gasteiger partial charge < -0.3 is 5.32 Å². The number of hydrogen-bond donors (Lipinski definition) is 1. The molecule has 0 aliphatic carbocycles. The number of hydrogen-bond acceptors (Lipinski definition) is 2. The van der Waals surface area contributed by atoms with E-state index in [-0.39, 0.29) is 5.91 Å². The van der Waals surface area contributed by atoms with Crippen molar-refractivity contribution in [2.45, 2.75) is 31.9 Å². The lowest BCUT2D eigenvalue weighted by atomic mass is 9.81. The Morgan fingerprint density at radius 3 is 2.48 bits per heavy atom. The molecule has 0 saturated carbocycles. The van der Waals surface area contributed by atoms with Gasteiger partial charge in [0.1, 0.15) is 0 Å². The molecule has 0 aliphatic heterocycles. The van der Waals surface area contributed by atoms with E-state index >= 15 is 0 Å². The molecule has 0 fully saturated rings. The van der Waals surface area contributed by atoms with Crippen molar-refractivity contribution in [2.75, 3.05) is 11.6 Å². The van der Waals surface area contributed by atoms with Crippen molar-refractivity contribution < 1.29 is 9.00 Å². The van der Waals surface area contributed by atoms with Crippen molar-refractivity contribution in [1.82, 2.24) is 0 Å². The van der Waals surface area contributed by atoms with E-state index in [1.165, 1.54) is 0 Å². The summed E-state index contributed by atoms with van der Waals surface area (Å²) in [5.74, 6) is 0.437. The molecule has 1 amide bonds. The molecule has 2 aromatic carbocycles. The first kappa shape index (κ1) is 17.4. The van der Waals surface area contributed by atoms with Crippen LogP contribution in [-0.2, 0) is 26.8 Å². The van der Waals surface area contributed by atoms with Crippen molar-refractivity contribution in [3.8, 4) is 0 Å². The molecule has 0 heterocycles. The summed E-state index contributed by atoms with van der Waals surface area (Å²) >= 11 is 0. The zero-order valence-electron chi connectivity index (χ0n) is 14.1. The van der Waals surface area contributed by atoms with Crippen molar-refractivity contribution in [3.05, 3.63) is 65.2 Å². The summed E-state index contributed by atoms with van der Waals surface area (Å²) in [5.41, 5.74) is 3.18. The summed E-state index contributed by atoms with van der Waals surface area (Å²) < 4.78 is 11.4. The van der Waals surface area contributed by atoms with E-state index in [4.69, 9.17) is 0 Å². The van der Waals surface area contributed by atoms with Crippen LogP contribution >= 0.6 is 0 Å². The van der Waals surface area contributed by atoms with Crippen molar-refractivity contribution >= 4 is 22.4 Å². The van der Waals surface area contributed by atoms with E-state index in [0.29, 0.717) is 5.75 Å². The highest BCUT2D eigenvalue weighted by molar-refractivity contribution is 7.83. The second-order valence-corrected chi connectivity index (χ2v) is 7.75. The van der Waals surface area contributed by atoms with E-state index in [0.717, 1.165) is 22.4 Å². The SMILES string of the molecule is Cc1ccccc1C(C)(C)C(=O)Nc1cccc(C[S@](C)=O)c1. The Bertz CT molecular complexity index is 738. The van der Waals surface area contributed by atoms with Crippen molar-refractivity contribution in [2.24, 2.45) is 0 Å². The van der Waals surface area contributed by atoms with Gasteiger partial charge in [0.15, 0.2) is 0 Å². The minimum absolute atomic E-state index is 0.0541. The molecule has 0 bridgehead atoms. The maximum Gasteiger partial charge on any atom is 0.234 e. The average molecular weight is 329 g/mol. The van der Waals surface area contributed by atoms with E-state index in [1.54, 1.807) is 6.26 Å². The van der Waals surface area contributed by atoms with E-state index in [9.17, 15) is 9.00 Å². The topological polar surface area (TPSA) is 46.2 Å². The van der Waals surface area contributed by atoms with Gasteiger partial charge in [-0.25, -0.2) is 0 Å². The first-order valence-corrected chi connectivity index (χ1v) is 9.30. The molecule has 23 heavy (non-hydrogen) atoms. The molecule has 0 spiro atoms. The predicted molar refractivity (Wildman–Crippen MR) is 97.0 cm³/mol. The Kier molecular flexibility index (Phi) is 5.37. The van der Waals surface area contributed by atoms with Gasteiger partial charge in [-0.3, -0.25) is 9.00 Å². The molecule has 2 rings (SSSR count). The monoisotopic (exact) mass is 329 g/mol. The summed E-state index contributed by atoms with van der Waals surface area (Å²) in [7, 11) is -0.900. The van der Waals surface area contributed by atoms with Crippen LogP contribution in [0.1, 0.15) is 30.5 Å². The molecule has 1 N–H and O–H groups in total. The number of rotatable bonds is 5. The highest BCUT2D eigenvalue weighted by Crippen LogP contribution is 2.28. The molecule has 1 atom stereocenters. The third-order valence-corrected chi connectivity index (χ3v) is 4.68. The van der Waals surface area contributed by atoms with Crippen LogP contribution in [0.3, 0.4) is 0 Å². The fourth-order valence-corrected chi connectivity index (χ4v) is 3.31. The fourth-order valence-electron chi connectivity index (χ4n) is 2.66. The van der Waals surface area contributed by atoms with Crippen LogP contribution in [0.2, 0.25) is 0 Å². The second kappa shape index (κ2) is 7.09. The van der Waals surface area contributed by atoms with Crippen LogP contribution in [0.5, 0.6) is 0 Å². The van der Waals surface area contributed by atoms with Gasteiger partial charge in [-0.05, 0) is 49.6 Å². The Labute approximate surface area is 140 Å². The molecule has 122 valence electrons. The van der Waals surface area contributed by atoms with Gasteiger partial charge in [0, 0.05) is 28.5 Å². The lowest BCUT2D eigenvalue weighted by Gasteiger charge is -2.26. The van der Waals surface area contributed by atoms with Crippen molar-refractivity contribution in [3.63, 3.8) is 0 Å². The van der Waals surface area contributed by atoms with Gasteiger partial charge in [-0.2, -0.15) is 0 Å². The fraction of sp³-hybridized carbons (Fsp3) is 0.316. The van der Waals surface area contributed by atoms with Crippen LogP contribution in [0.4, 0.5) is 5.69 Å². The minimum Gasteiger partial charge on any atom is -0.325 e. The minimum atomic E-state index is -0.900. The van der Waals surface area contributed by atoms with E-state index < -0.39 is 16.2 Å². The van der Waals surface area contributed by atoms with Crippen LogP contribution in [0, 0.1) is 6.92 Å². The molecule has 0 unspecified atom stereocenters. The predicted octanol–water partition coefficient (Wildman–Crippen LogP) is 3.79. The number of carbonyl (C=O) groups is 1. The van der Waals surface area contributed by atoms with Gasteiger partial charge in [0.05, 0.1) is 5.41 Å². The number of amides is 1. The van der Waals surface area contributed by atoms with Crippen LogP contribution in [-0.4, -0.2) is 16.4 Å². The number of carbonyl (C=O) groups excluding carboxylic acids is 1. The smallest absolute Gasteiger partial charge is 0.234 e. The number of anilines is 1. The molecule has 4 heteroatoms. The summed E-state index contributed by atoms with van der Waals surface area (Å²) in [6.45, 7) is 5.87. The highest BCUT2D eigenvalue weighted by atomic mass is 32.2.